The van der Waals surface area contributed by atoms with Gasteiger partial charge in [-0.3, -0.25) is 0 Å². The van der Waals surface area contributed by atoms with Crippen molar-refractivity contribution in [2.75, 3.05) is 36.0 Å². The Morgan fingerprint density at radius 1 is 1.11 bits per heavy atom. The van der Waals surface area contributed by atoms with Crippen molar-refractivity contribution in [3.8, 4) is 0 Å². The van der Waals surface area contributed by atoms with Crippen LogP contribution < -0.4 is 9.80 Å². The molecular weight excluding hydrogens is 224 g/mol. The zero-order chi connectivity index (χ0) is 12.8. The van der Waals surface area contributed by atoms with Crippen LogP contribution in [0.2, 0.25) is 0 Å². The monoisotopic (exact) mass is 248 g/mol. The molecule has 0 unspecified atom stereocenters. The Bertz CT molecular complexity index is 355. The lowest BCUT2D eigenvalue weighted by atomic mass is 10.2. The molecule has 1 aromatic heterocycles. The van der Waals surface area contributed by atoms with E-state index in [2.05, 4.69) is 28.6 Å². The standard InChI is InChI=1S/C14H24N4/c1-3-17(4-2)13-9-10-15-14(16-13)18-11-7-5-6-8-12-18/h9-10H,3-8,11-12H2,1-2H3. The number of hydrogen-bond acceptors (Lipinski definition) is 4. The molecule has 100 valence electrons. The second-order valence-corrected chi connectivity index (χ2v) is 4.79. The van der Waals surface area contributed by atoms with Gasteiger partial charge in [0.2, 0.25) is 5.95 Å². The van der Waals surface area contributed by atoms with E-state index in [1.807, 2.05) is 12.3 Å². The normalized spacial score (nSPS) is 16.4. The summed E-state index contributed by atoms with van der Waals surface area (Å²) in [6.45, 7) is 8.51. The maximum Gasteiger partial charge on any atom is 0.227 e. The molecule has 2 heterocycles. The summed E-state index contributed by atoms with van der Waals surface area (Å²) in [6.07, 6.45) is 7.09. The molecule has 0 atom stereocenters. The maximum absolute atomic E-state index is 4.72. The smallest absolute Gasteiger partial charge is 0.227 e. The summed E-state index contributed by atoms with van der Waals surface area (Å²) in [5, 5.41) is 0. The highest BCUT2D eigenvalue weighted by Crippen LogP contribution is 2.18. The molecule has 1 aliphatic rings. The Kier molecular flexibility index (Phi) is 4.79. The van der Waals surface area contributed by atoms with Gasteiger partial charge in [0, 0.05) is 32.4 Å². The third-order valence-corrected chi connectivity index (χ3v) is 3.60. The van der Waals surface area contributed by atoms with E-state index in [1.165, 1.54) is 25.7 Å². The van der Waals surface area contributed by atoms with Crippen molar-refractivity contribution in [3.05, 3.63) is 12.3 Å². The molecule has 0 radical (unpaired) electrons. The second kappa shape index (κ2) is 6.57. The van der Waals surface area contributed by atoms with Gasteiger partial charge in [-0.15, -0.1) is 0 Å². The molecule has 4 nitrogen and oxygen atoms in total. The lowest BCUT2D eigenvalue weighted by Crippen LogP contribution is -2.28. The second-order valence-electron chi connectivity index (χ2n) is 4.79. The largest absolute Gasteiger partial charge is 0.357 e. The maximum atomic E-state index is 4.72. The van der Waals surface area contributed by atoms with Crippen LogP contribution in [0.1, 0.15) is 39.5 Å². The molecule has 0 spiro atoms. The van der Waals surface area contributed by atoms with Crippen molar-refractivity contribution >= 4 is 11.8 Å². The molecule has 1 aliphatic heterocycles. The van der Waals surface area contributed by atoms with Crippen LogP contribution in [0.3, 0.4) is 0 Å². The van der Waals surface area contributed by atoms with E-state index in [9.17, 15) is 0 Å². The quantitative estimate of drug-likeness (QED) is 0.820. The van der Waals surface area contributed by atoms with Crippen LogP contribution in [0.25, 0.3) is 0 Å². The highest BCUT2D eigenvalue weighted by Gasteiger charge is 2.13. The first-order valence-electron chi connectivity index (χ1n) is 7.18. The van der Waals surface area contributed by atoms with Crippen LogP contribution >= 0.6 is 0 Å². The Balaban J connectivity index is 2.14. The number of aromatic nitrogens is 2. The average molecular weight is 248 g/mol. The number of anilines is 2. The van der Waals surface area contributed by atoms with Gasteiger partial charge in [0.25, 0.3) is 0 Å². The van der Waals surface area contributed by atoms with Crippen LogP contribution in [-0.2, 0) is 0 Å². The van der Waals surface area contributed by atoms with Gasteiger partial charge in [0.15, 0.2) is 0 Å². The van der Waals surface area contributed by atoms with Crippen molar-refractivity contribution in [1.29, 1.82) is 0 Å². The summed E-state index contributed by atoms with van der Waals surface area (Å²) < 4.78 is 0. The van der Waals surface area contributed by atoms with Crippen LogP contribution in [-0.4, -0.2) is 36.1 Å². The lowest BCUT2D eigenvalue weighted by molar-refractivity contribution is 0.726. The van der Waals surface area contributed by atoms with Crippen molar-refractivity contribution in [2.45, 2.75) is 39.5 Å². The zero-order valence-electron chi connectivity index (χ0n) is 11.6. The minimum atomic E-state index is 0.904. The fourth-order valence-electron chi connectivity index (χ4n) is 2.49. The Morgan fingerprint density at radius 2 is 1.78 bits per heavy atom. The van der Waals surface area contributed by atoms with E-state index in [4.69, 9.17) is 4.98 Å². The van der Waals surface area contributed by atoms with Gasteiger partial charge < -0.3 is 9.80 Å². The van der Waals surface area contributed by atoms with Gasteiger partial charge in [-0.2, -0.15) is 4.98 Å². The van der Waals surface area contributed by atoms with E-state index in [1.54, 1.807) is 0 Å². The van der Waals surface area contributed by atoms with E-state index in [-0.39, 0.29) is 0 Å². The highest BCUT2D eigenvalue weighted by atomic mass is 15.3. The molecule has 1 fully saturated rings. The third kappa shape index (κ3) is 3.12. The van der Waals surface area contributed by atoms with E-state index in [0.29, 0.717) is 0 Å². The van der Waals surface area contributed by atoms with Crippen molar-refractivity contribution in [3.63, 3.8) is 0 Å². The Hall–Kier alpha value is -1.32. The summed E-state index contributed by atoms with van der Waals surface area (Å²) in [7, 11) is 0. The predicted molar refractivity (Wildman–Crippen MR) is 76.3 cm³/mol. The number of nitrogens with zero attached hydrogens (tertiary/aromatic N) is 4. The molecule has 0 N–H and O–H groups in total. The molecule has 0 aliphatic carbocycles. The van der Waals surface area contributed by atoms with E-state index < -0.39 is 0 Å². The van der Waals surface area contributed by atoms with Gasteiger partial charge in [0.1, 0.15) is 5.82 Å². The van der Waals surface area contributed by atoms with Crippen molar-refractivity contribution < 1.29 is 0 Å². The van der Waals surface area contributed by atoms with Gasteiger partial charge in [0.05, 0.1) is 0 Å². The van der Waals surface area contributed by atoms with Crippen LogP contribution in [0.5, 0.6) is 0 Å². The highest BCUT2D eigenvalue weighted by molar-refractivity contribution is 5.43. The molecule has 0 amide bonds. The molecule has 0 aromatic carbocycles. The summed E-state index contributed by atoms with van der Waals surface area (Å²) >= 11 is 0. The van der Waals surface area contributed by atoms with Crippen LogP contribution in [0.15, 0.2) is 12.3 Å². The SMILES string of the molecule is CCN(CC)c1ccnc(N2CCCCCC2)n1. The fraction of sp³-hybridized carbons (Fsp3) is 0.714. The fourth-order valence-corrected chi connectivity index (χ4v) is 2.49. The molecule has 0 saturated carbocycles. The van der Waals surface area contributed by atoms with Gasteiger partial charge >= 0.3 is 0 Å². The molecule has 1 saturated heterocycles. The average Bonchev–Trinajstić information content (AvgIpc) is 2.69. The Morgan fingerprint density at radius 3 is 2.39 bits per heavy atom. The topological polar surface area (TPSA) is 32.3 Å². The summed E-state index contributed by atoms with van der Waals surface area (Å²) in [6, 6.07) is 2.01. The molecule has 0 bridgehead atoms. The first-order chi connectivity index (χ1) is 8.85. The number of rotatable bonds is 4. The van der Waals surface area contributed by atoms with Gasteiger partial charge in [-0.05, 0) is 32.8 Å². The van der Waals surface area contributed by atoms with E-state index in [0.717, 1.165) is 37.9 Å². The van der Waals surface area contributed by atoms with Crippen molar-refractivity contribution in [2.24, 2.45) is 0 Å². The molecular formula is C14H24N4. The predicted octanol–water partition coefficient (Wildman–Crippen LogP) is 2.70. The van der Waals surface area contributed by atoms with Crippen molar-refractivity contribution in [1.82, 2.24) is 9.97 Å². The Labute approximate surface area is 110 Å². The minimum absolute atomic E-state index is 0.904. The van der Waals surface area contributed by atoms with Gasteiger partial charge in [-0.25, -0.2) is 4.98 Å². The van der Waals surface area contributed by atoms with Crippen LogP contribution in [0, 0.1) is 0 Å². The van der Waals surface area contributed by atoms with Crippen LogP contribution in [0.4, 0.5) is 11.8 Å². The summed E-state index contributed by atoms with van der Waals surface area (Å²) in [5.41, 5.74) is 0. The minimum Gasteiger partial charge on any atom is -0.357 e. The molecule has 1 aromatic rings. The summed E-state index contributed by atoms with van der Waals surface area (Å²) in [5.74, 6) is 1.95. The lowest BCUT2D eigenvalue weighted by Gasteiger charge is -2.24. The van der Waals surface area contributed by atoms with Gasteiger partial charge in [-0.1, -0.05) is 12.8 Å². The number of hydrogen-bond donors (Lipinski definition) is 0. The van der Waals surface area contributed by atoms with E-state index >= 15 is 0 Å². The molecule has 4 heteroatoms. The molecule has 18 heavy (non-hydrogen) atoms. The molecule has 2 rings (SSSR count). The first-order valence-corrected chi connectivity index (χ1v) is 7.18. The first kappa shape index (κ1) is 13.1. The summed E-state index contributed by atoms with van der Waals surface area (Å²) in [4.78, 5) is 13.8. The third-order valence-electron chi connectivity index (χ3n) is 3.60. The zero-order valence-corrected chi connectivity index (χ0v) is 11.6.